The van der Waals surface area contributed by atoms with Crippen LogP contribution in [0, 0.1) is 0 Å². The van der Waals surface area contributed by atoms with Crippen molar-refractivity contribution < 1.29 is 0 Å². The normalized spacial score (nSPS) is 28.1. The molecule has 0 radical (unpaired) electrons. The number of rotatable bonds is 0. The summed E-state index contributed by atoms with van der Waals surface area (Å²) in [6.07, 6.45) is 5.27. The van der Waals surface area contributed by atoms with Gasteiger partial charge in [-0.1, -0.05) is 24.3 Å². The lowest BCUT2D eigenvalue weighted by Gasteiger charge is -2.34. The topological polar surface area (TPSA) is 50.1 Å². The molecule has 2 unspecified atom stereocenters. The van der Waals surface area contributed by atoms with Crippen LogP contribution in [0.5, 0.6) is 0 Å². The van der Waals surface area contributed by atoms with Gasteiger partial charge in [0.05, 0.1) is 0 Å². The summed E-state index contributed by atoms with van der Waals surface area (Å²) in [5.41, 5.74) is 9.67. The number of nitrogens with one attached hydrogen (secondary N) is 2. The van der Waals surface area contributed by atoms with Gasteiger partial charge in [-0.05, 0) is 23.6 Å². The second-order valence-electron chi connectivity index (χ2n) is 3.79. The molecule has 1 aliphatic carbocycles. The maximum atomic E-state index is 5.84. The lowest BCUT2D eigenvalue weighted by molar-refractivity contribution is 0.455. The van der Waals surface area contributed by atoms with E-state index in [1.807, 2.05) is 0 Å². The van der Waals surface area contributed by atoms with Crippen molar-refractivity contribution in [2.75, 3.05) is 5.32 Å². The van der Waals surface area contributed by atoms with E-state index in [1.54, 1.807) is 0 Å². The van der Waals surface area contributed by atoms with Gasteiger partial charge in [0, 0.05) is 11.7 Å². The first-order valence-electron chi connectivity index (χ1n) is 4.92. The summed E-state index contributed by atoms with van der Waals surface area (Å²) in [6, 6.07) is 6.67. The van der Waals surface area contributed by atoms with E-state index in [9.17, 15) is 0 Å². The van der Waals surface area contributed by atoms with Crippen molar-refractivity contribution in [1.29, 1.82) is 0 Å². The predicted molar refractivity (Wildman–Crippen MR) is 57.6 cm³/mol. The summed E-state index contributed by atoms with van der Waals surface area (Å²) in [6.45, 7) is 0. The predicted octanol–water partition coefficient (Wildman–Crippen LogP) is 1.40. The van der Waals surface area contributed by atoms with Gasteiger partial charge in [-0.3, -0.25) is 11.1 Å². The number of nitrogens with two attached hydrogens (primary N) is 1. The lowest BCUT2D eigenvalue weighted by atomic mass is 9.90. The van der Waals surface area contributed by atoms with Crippen LogP contribution in [0.3, 0.4) is 0 Å². The minimum atomic E-state index is -0.130. The van der Waals surface area contributed by atoms with Gasteiger partial charge in [-0.2, -0.15) is 0 Å². The fourth-order valence-corrected chi connectivity index (χ4v) is 2.27. The number of hydrogen-bond acceptors (Lipinski definition) is 3. The molecule has 0 amide bonds. The molecule has 3 nitrogen and oxygen atoms in total. The molecular formula is C11H13N3. The lowest BCUT2D eigenvalue weighted by Crippen LogP contribution is -2.49. The van der Waals surface area contributed by atoms with E-state index >= 15 is 0 Å². The van der Waals surface area contributed by atoms with Crippen LogP contribution in [-0.2, 0) is 0 Å². The van der Waals surface area contributed by atoms with Gasteiger partial charge < -0.3 is 5.32 Å². The summed E-state index contributed by atoms with van der Waals surface area (Å²) in [5, 5.41) is 6.56. The molecule has 2 atom stereocenters. The highest BCUT2D eigenvalue weighted by molar-refractivity contribution is 5.68. The standard InChI is InChI=1S/C11H13N3/c12-11-13-8-5-1-3-7-4-2-6-9(14-11)10(7)8/h1-5,9,11,13-14H,6,12H2. The van der Waals surface area contributed by atoms with E-state index in [0.29, 0.717) is 6.04 Å². The van der Waals surface area contributed by atoms with Crippen molar-refractivity contribution in [2.45, 2.75) is 18.8 Å². The van der Waals surface area contributed by atoms with Crippen molar-refractivity contribution in [2.24, 2.45) is 5.73 Å². The van der Waals surface area contributed by atoms with Gasteiger partial charge in [-0.25, -0.2) is 0 Å². The van der Waals surface area contributed by atoms with Crippen LogP contribution < -0.4 is 16.4 Å². The zero-order valence-electron chi connectivity index (χ0n) is 7.83. The molecule has 3 heteroatoms. The molecule has 72 valence electrons. The smallest absolute Gasteiger partial charge is 0.130 e. The average Bonchev–Trinajstić information content (AvgIpc) is 2.18. The van der Waals surface area contributed by atoms with Crippen LogP contribution in [-0.4, -0.2) is 6.29 Å². The minimum absolute atomic E-state index is 0.130. The Hall–Kier alpha value is -1.32. The zero-order valence-corrected chi connectivity index (χ0v) is 7.83. The van der Waals surface area contributed by atoms with Crippen LogP contribution in [0.2, 0.25) is 0 Å². The maximum absolute atomic E-state index is 5.84. The Morgan fingerprint density at radius 2 is 2.29 bits per heavy atom. The molecule has 0 saturated carbocycles. The molecule has 0 spiro atoms. The molecule has 0 fully saturated rings. The first-order valence-corrected chi connectivity index (χ1v) is 4.92. The number of benzene rings is 1. The van der Waals surface area contributed by atoms with Gasteiger partial charge in [0.15, 0.2) is 0 Å². The summed E-state index contributed by atoms with van der Waals surface area (Å²) in [7, 11) is 0. The van der Waals surface area contributed by atoms with Gasteiger partial charge in [-0.15, -0.1) is 0 Å². The Bertz CT molecular complexity index is 398. The van der Waals surface area contributed by atoms with Gasteiger partial charge in [0.2, 0.25) is 0 Å². The van der Waals surface area contributed by atoms with E-state index in [1.165, 1.54) is 16.8 Å². The Kier molecular flexibility index (Phi) is 1.63. The molecule has 4 N–H and O–H groups in total. The van der Waals surface area contributed by atoms with Crippen LogP contribution in [0.4, 0.5) is 5.69 Å². The summed E-state index contributed by atoms with van der Waals surface area (Å²) >= 11 is 0. The first-order chi connectivity index (χ1) is 6.84. The highest BCUT2D eigenvalue weighted by atomic mass is 15.3. The largest absolute Gasteiger partial charge is 0.357 e. The van der Waals surface area contributed by atoms with Crippen molar-refractivity contribution >= 4 is 11.8 Å². The van der Waals surface area contributed by atoms with Gasteiger partial charge >= 0.3 is 0 Å². The summed E-state index contributed by atoms with van der Waals surface area (Å²) in [5.74, 6) is 0. The second kappa shape index (κ2) is 2.83. The summed E-state index contributed by atoms with van der Waals surface area (Å²) in [4.78, 5) is 0. The molecule has 0 aromatic heterocycles. The number of hydrogen-bond donors (Lipinski definition) is 3. The monoisotopic (exact) mass is 187 g/mol. The highest BCUT2D eigenvalue weighted by Crippen LogP contribution is 2.36. The number of anilines is 1. The fraction of sp³-hybridized carbons (Fsp3) is 0.273. The molecule has 3 rings (SSSR count). The maximum Gasteiger partial charge on any atom is 0.130 e. The van der Waals surface area contributed by atoms with E-state index in [4.69, 9.17) is 5.73 Å². The first kappa shape index (κ1) is 8.03. The third-order valence-corrected chi connectivity index (χ3v) is 2.85. The van der Waals surface area contributed by atoms with Crippen molar-refractivity contribution in [1.82, 2.24) is 5.32 Å². The van der Waals surface area contributed by atoms with Gasteiger partial charge in [0.25, 0.3) is 0 Å². The molecule has 1 heterocycles. The quantitative estimate of drug-likeness (QED) is 0.575. The Labute approximate surface area is 83.0 Å². The highest BCUT2D eigenvalue weighted by Gasteiger charge is 2.26. The van der Waals surface area contributed by atoms with Crippen LogP contribution in [0.1, 0.15) is 23.6 Å². The summed E-state index contributed by atoms with van der Waals surface area (Å²) < 4.78 is 0. The van der Waals surface area contributed by atoms with E-state index in [2.05, 4.69) is 41.0 Å². The Morgan fingerprint density at radius 3 is 3.21 bits per heavy atom. The Morgan fingerprint density at radius 1 is 1.36 bits per heavy atom. The van der Waals surface area contributed by atoms with Crippen molar-refractivity contribution in [3.63, 3.8) is 0 Å². The molecule has 1 aliphatic heterocycles. The average molecular weight is 187 g/mol. The molecule has 1 aromatic carbocycles. The van der Waals surface area contributed by atoms with E-state index in [-0.39, 0.29) is 6.29 Å². The van der Waals surface area contributed by atoms with Gasteiger partial charge in [0.1, 0.15) is 6.29 Å². The van der Waals surface area contributed by atoms with Crippen molar-refractivity contribution in [3.05, 3.63) is 35.4 Å². The second-order valence-corrected chi connectivity index (χ2v) is 3.79. The third kappa shape index (κ3) is 1.06. The molecule has 0 saturated heterocycles. The van der Waals surface area contributed by atoms with Crippen LogP contribution in [0.15, 0.2) is 24.3 Å². The zero-order chi connectivity index (χ0) is 9.54. The third-order valence-electron chi connectivity index (χ3n) is 2.85. The molecule has 14 heavy (non-hydrogen) atoms. The molecule has 1 aromatic rings. The van der Waals surface area contributed by atoms with E-state index < -0.39 is 0 Å². The van der Waals surface area contributed by atoms with Crippen LogP contribution in [0.25, 0.3) is 6.08 Å². The van der Waals surface area contributed by atoms with Crippen molar-refractivity contribution in [3.8, 4) is 0 Å². The molecule has 0 bridgehead atoms. The molecular weight excluding hydrogens is 174 g/mol. The minimum Gasteiger partial charge on any atom is -0.357 e. The fourth-order valence-electron chi connectivity index (χ4n) is 2.27. The Balaban J connectivity index is 2.19. The SMILES string of the molecule is NC1Nc2cccc3c2C(CC=C3)N1. The van der Waals surface area contributed by atoms with E-state index in [0.717, 1.165) is 6.42 Å². The molecule has 2 aliphatic rings. The van der Waals surface area contributed by atoms with Crippen LogP contribution >= 0.6 is 0 Å².